The molecule has 0 unspecified atom stereocenters. The molecule has 416 valence electrons. The summed E-state index contributed by atoms with van der Waals surface area (Å²) < 4.78 is 0. The van der Waals surface area contributed by atoms with Gasteiger partial charge in [0.2, 0.25) is 41.4 Å². The molecule has 0 saturated heterocycles. The second-order valence-corrected chi connectivity index (χ2v) is 19.0. The molecule has 0 aromatic carbocycles. The van der Waals surface area contributed by atoms with Crippen LogP contribution >= 0.6 is 0 Å². The zero-order valence-electron chi connectivity index (χ0n) is 43.5. The van der Waals surface area contributed by atoms with Gasteiger partial charge in [-0.25, -0.2) is 4.79 Å². The van der Waals surface area contributed by atoms with Gasteiger partial charge >= 0.3 is 5.97 Å². The summed E-state index contributed by atoms with van der Waals surface area (Å²) in [6, 6.07) is -9.91. The SMILES string of the molecule is CC(C)[C@H](NC(=O)[C@H](CCCNC(=N)N)NC(=O)[C@@H](NC(=O)[C@@H](NC(=O)[C@@H](N)CCCNC(=N)N)C(C)C)C(C)C)C(=O)N[C@H](C(=O)N[C@@H](CCCNC(=N)N)C(=O)N[C@@H](CCCNC(=N)N)C(=O)O)C(C)C. The number of carboxylic acids is 1. The fraction of sp³-hybridized carbons (Fsp3) is 0.727. The lowest BCUT2D eigenvalue weighted by Gasteiger charge is -2.31. The van der Waals surface area contributed by atoms with E-state index in [2.05, 4.69) is 58.5 Å². The summed E-state index contributed by atoms with van der Waals surface area (Å²) in [7, 11) is 0. The monoisotopic (exact) mass is 1040 g/mol. The van der Waals surface area contributed by atoms with Gasteiger partial charge in [0.15, 0.2) is 23.8 Å². The van der Waals surface area contributed by atoms with Gasteiger partial charge in [-0.05, 0) is 75.0 Å². The van der Waals surface area contributed by atoms with E-state index in [1.165, 1.54) is 0 Å². The van der Waals surface area contributed by atoms with E-state index in [0.717, 1.165) is 0 Å². The van der Waals surface area contributed by atoms with Gasteiger partial charge < -0.3 is 92.3 Å². The summed E-state index contributed by atoms with van der Waals surface area (Å²) in [5.74, 6) is -10.0. The first-order valence-electron chi connectivity index (χ1n) is 24.4. The van der Waals surface area contributed by atoms with Crippen molar-refractivity contribution in [3.63, 3.8) is 0 Å². The Bertz CT molecular complexity index is 1880. The zero-order valence-corrected chi connectivity index (χ0v) is 43.5. The summed E-state index contributed by atoms with van der Waals surface area (Å²) >= 11 is 0. The third-order valence-corrected chi connectivity index (χ3v) is 11.2. The van der Waals surface area contributed by atoms with Crippen LogP contribution in [-0.2, 0) is 38.4 Å². The van der Waals surface area contributed by atoms with Crippen LogP contribution in [0.25, 0.3) is 0 Å². The number of rotatable bonds is 35. The summed E-state index contributed by atoms with van der Waals surface area (Å²) in [4.78, 5) is 109. The Morgan fingerprint density at radius 2 is 0.603 bits per heavy atom. The minimum Gasteiger partial charge on any atom is -0.480 e. The average molecular weight is 1040 g/mol. The van der Waals surface area contributed by atoms with Crippen molar-refractivity contribution in [2.45, 2.75) is 155 Å². The smallest absolute Gasteiger partial charge is 0.326 e. The molecule has 0 aromatic rings. The van der Waals surface area contributed by atoms with E-state index in [0.29, 0.717) is 13.0 Å². The van der Waals surface area contributed by atoms with E-state index in [-0.39, 0.29) is 88.4 Å². The highest BCUT2D eigenvalue weighted by Gasteiger charge is 2.37. The van der Waals surface area contributed by atoms with Crippen LogP contribution in [-0.4, -0.2) is 151 Å². The van der Waals surface area contributed by atoms with Gasteiger partial charge in [0.1, 0.15) is 42.3 Å². The van der Waals surface area contributed by atoms with Crippen LogP contribution in [0, 0.1) is 45.3 Å². The number of carboxylic acid groups (broad SMARTS) is 1. The summed E-state index contributed by atoms with van der Waals surface area (Å²) in [6.07, 6.45) is 1.13. The Hall–Kier alpha value is -7.20. The normalized spacial score (nSPS) is 14.4. The molecule has 0 bridgehead atoms. The molecule has 0 spiro atoms. The first kappa shape index (κ1) is 65.8. The molecule has 0 aliphatic carbocycles. The third kappa shape index (κ3) is 27.3. The molecule has 0 aromatic heterocycles. The fourth-order valence-corrected chi connectivity index (χ4v) is 6.99. The molecule has 0 saturated carbocycles. The van der Waals surface area contributed by atoms with Crippen LogP contribution < -0.4 is 87.2 Å². The van der Waals surface area contributed by atoms with Crippen LogP contribution in [0.2, 0.25) is 0 Å². The lowest BCUT2D eigenvalue weighted by Crippen LogP contribution is -2.62. The highest BCUT2D eigenvalue weighted by molar-refractivity contribution is 5.98. The highest BCUT2D eigenvalue weighted by Crippen LogP contribution is 2.12. The Morgan fingerprint density at radius 1 is 0.370 bits per heavy atom. The molecule has 73 heavy (non-hydrogen) atoms. The summed E-state index contributed by atoms with van der Waals surface area (Å²) in [5, 5.41) is 68.2. The van der Waals surface area contributed by atoms with Gasteiger partial charge in [-0.3, -0.25) is 55.2 Å². The standard InChI is InChI=1S/C44H86N20O9/c1-21(2)29(36(68)58-26(14-10-18-55-42(48)49)34(66)60-28(40(72)73)16-12-20-57-44(52)53)64-39(71)32(24(7)8)62-35(67)27(15-11-19-56-43(50)51)59-37(69)30(22(3)4)63-38(70)31(23(5)6)61-33(65)25(45)13-9-17-54-41(46)47/h21-32H,9-20,45H2,1-8H3,(H,58,68)(H,59,69)(H,60,66)(H,61,65)(H,62,67)(H,63,70)(H,64,71)(H,72,73)(H4,46,47,54)(H4,48,49,55)(H4,50,51,56)(H4,52,53,57)/t25-,26-,27-,28-,29-,30-,31-,32-/m0/s1. The van der Waals surface area contributed by atoms with E-state index < -0.39 is 119 Å². The molecule has 0 aliphatic rings. The van der Waals surface area contributed by atoms with Gasteiger partial charge in [0, 0.05) is 26.2 Å². The maximum Gasteiger partial charge on any atom is 0.326 e. The van der Waals surface area contributed by atoms with Gasteiger partial charge in [-0.2, -0.15) is 0 Å². The number of carbonyl (C=O) groups is 8. The minimum absolute atomic E-state index is 0.0337. The number of amides is 7. The van der Waals surface area contributed by atoms with Crippen LogP contribution in [0.3, 0.4) is 0 Å². The molecule has 0 radical (unpaired) electrons. The van der Waals surface area contributed by atoms with Crippen LogP contribution in [0.15, 0.2) is 0 Å². The van der Waals surface area contributed by atoms with E-state index in [1.807, 2.05) is 0 Å². The van der Waals surface area contributed by atoms with E-state index in [9.17, 15) is 43.5 Å². The first-order valence-corrected chi connectivity index (χ1v) is 24.4. The van der Waals surface area contributed by atoms with Crippen LogP contribution in [0.1, 0.15) is 107 Å². The Labute approximate surface area is 427 Å². The molecule has 29 heteroatoms. The number of hydrogen-bond acceptors (Lipinski definition) is 13. The van der Waals surface area contributed by atoms with Crippen molar-refractivity contribution in [3.8, 4) is 0 Å². The Morgan fingerprint density at radius 3 is 0.890 bits per heavy atom. The van der Waals surface area contributed by atoms with Crippen molar-refractivity contribution >= 4 is 71.2 Å². The predicted molar refractivity (Wildman–Crippen MR) is 275 cm³/mol. The number of carbonyl (C=O) groups excluding carboxylic acids is 7. The second kappa shape index (κ2) is 34.2. The maximum atomic E-state index is 14.2. The summed E-state index contributed by atoms with van der Waals surface area (Å²) in [6.45, 7) is 14.0. The van der Waals surface area contributed by atoms with E-state index in [4.69, 9.17) is 50.3 Å². The van der Waals surface area contributed by atoms with Gasteiger partial charge in [0.25, 0.3) is 0 Å². The Kier molecular flexibility index (Phi) is 30.8. The van der Waals surface area contributed by atoms with Crippen LogP contribution in [0.5, 0.6) is 0 Å². The number of hydrogen-bond donors (Lipinski definition) is 21. The third-order valence-electron chi connectivity index (χ3n) is 11.2. The lowest BCUT2D eigenvalue weighted by molar-refractivity contribution is -0.142. The highest BCUT2D eigenvalue weighted by atomic mass is 16.4. The molecule has 8 atom stereocenters. The molecule has 0 heterocycles. The second-order valence-electron chi connectivity index (χ2n) is 19.0. The van der Waals surface area contributed by atoms with Crippen LogP contribution in [0.4, 0.5) is 0 Å². The Balaban J connectivity index is 6.48. The molecular weight excluding hydrogens is 953 g/mol. The van der Waals surface area contributed by atoms with E-state index in [1.54, 1.807) is 55.4 Å². The molecule has 0 rings (SSSR count). The number of aliphatic carboxylic acids is 1. The average Bonchev–Trinajstić information content (AvgIpc) is 3.28. The van der Waals surface area contributed by atoms with E-state index >= 15 is 0 Å². The molecular formula is C44H86N20O9. The molecule has 29 nitrogen and oxygen atoms in total. The minimum atomic E-state index is -1.37. The number of nitrogens with two attached hydrogens (primary N) is 5. The van der Waals surface area contributed by atoms with Crippen molar-refractivity contribution in [2.24, 2.45) is 52.3 Å². The summed E-state index contributed by atoms with van der Waals surface area (Å²) in [5.41, 5.74) is 27.5. The van der Waals surface area contributed by atoms with Gasteiger partial charge in [0.05, 0.1) is 6.04 Å². The first-order chi connectivity index (χ1) is 34.0. The topological polar surface area (TPSA) is 515 Å². The maximum absolute atomic E-state index is 14.2. The molecule has 7 amide bonds. The molecule has 0 aliphatic heterocycles. The zero-order chi connectivity index (χ0) is 56.1. The molecule has 26 N–H and O–H groups in total. The molecule has 0 fully saturated rings. The quantitative estimate of drug-likeness (QED) is 0.0162. The van der Waals surface area contributed by atoms with Crippen molar-refractivity contribution in [1.29, 1.82) is 21.6 Å². The number of nitrogens with one attached hydrogen (secondary N) is 15. The van der Waals surface area contributed by atoms with Crippen molar-refractivity contribution in [3.05, 3.63) is 0 Å². The number of guanidine groups is 4. The fourth-order valence-electron chi connectivity index (χ4n) is 6.99. The lowest BCUT2D eigenvalue weighted by atomic mass is 9.97. The van der Waals surface area contributed by atoms with Crippen molar-refractivity contribution in [1.82, 2.24) is 58.5 Å². The van der Waals surface area contributed by atoms with Crippen molar-refractivity contribution in [2.75, 3.05) is 26.2 Å². The van der Waals surface area contributed by atoms with Crippen molar-refractivity contribution < 1.29 is 43.5 Å². The largest absolute Gasteiger partial charge is 0.480 e. The van der Waals surface area contributed by atoms with Gasteiger partial charge in [-0.1, -0.05) is 55.4 Å². The van der Waals surface area contributed by atoms with Gasteiger partial charge in [-0.15, -0.1) is 0 Å². The predicted octanol–water partition coefficient (Wildman–Crippen LogP) is -4.53.